The van der Waals surface area contributed by atoms with E-state index in [0.29, 0.717) is 5.75 Å². The molecule has 0 bridgehead atoms. The Morgan fingerprint density at radius 3 is 1.82 bits per heavy atom. The summed E-state index contributed by atoms with van der Waals surface area (Å²) < 4.78 is 0. The minimum absolute atomic E-state index is 0.354. The molecule has 0 radical (unpaired) electrons. The standard InChI is InChI=1S/C9H14OSi/c1-11(2,3)9-6-4-8(10)5-7-9/h4-7,10H,1-3H3. The van der Waals surface area contributed by atoms with Crippen LogP contribution in [0, 0.1) is 0 Å². The smallest absolute Gasteiger partial charge is 0.115 e. The number of hydrogen-bond donors (Lipinski definition) is 1. The van der Waals surface area contributed by atoms with Gasteiger partial charge in [0.05, 0.1) is 8.07 Å². The summed E-state index contributed by atoms with van der Waals surface area (Å²) in [7, 11) is -1.17. The van der Waals surface area contributed by atoms with Crippen LogP contribution in [0.25, 0.3) is 0 Å². The van der Waals surface area contributed by atoms with Crippen LogP contribution in [0.2, 0.25) is 19.6 Å². The molecule has 2 heteroatoms. The summed E-state index contributed by atoms with van der Waals surface area (Å²) in [6.45, 7) is 6.87. The second kappa shape index (κ2) is 2.70. The van der Waals surface area contributed by atoms with Gasteiger partial charge in [-0.15, -0.1) is 0 Å². The number of aromatic hydroxyl groups is 1. The lowest BCUT2D eigenvalue weighted by atomic mass is 10.3. The van der Waals surface area contributed by atoms with Crippen molar-refractivity contribution in [3.8, 4) is 5.75 Å². The molecule has 11 heavy (non-hydrogen) atoms. The molecule has 0 atom stereocenters. The summed E-state index contributed by atoms with van der Waals surface area (Å²) >= 11 is 0. The van der Waals surface area contributed by atoms with Gasteiger partial charge in [-0.1, -0.05) is 37.0 Å². The summed E-state index contributed by atoms with van der Waals surface area (Å²) in [6.07, 6.45) is 0. The van der Waals surface area contributed by atoms with Crippen LogP contribution >= 0.6 is 0 Å². The molecule has 1 aromatic carbocycles. The quantitative estimate of drug-likeness (QED) is 0.632. The topological polar surface area (TPSA) is 20.2 Å². The Balaban J connectivity index is 2.99. The number of phenols is 1. The first-order valence-corrected chi connectivity index (χ1v) is 7.29. The molecule has 0 unspecified atom stereocenters. The lowest BCUT2D eigenvalue weighted by molar-refractivity contribution is 0.475. The summed E-state index contributed by atoms with van der Waals surface area (Å²) in [5.41, 5.74) is 0. The van der Waals surface area contributed by atoms with Gasteiger partial charge in [0.25, 0.3) is 0 Å². The van der Waals surface area contributed by atoms with E-state index in [1.165, 1.54) is 5.19 Å². The van der Waals surface area contributed by atoms with Crippen molar-refractivity contribution < 1.29 is 5.11 Å². The fraction of sp³-hybridized carbons (Fsp3) is 0.333. The Labute approximate surface area is 68.7 Å². The van der Waals surface area contributed by atoms with Crippen molar-refractivity contribution in [1.29, 1.82) is 0 Å². The molecule has 0 amide bonds. The summed E-state index contributed by atoms with van der Waals surface area (Å²) in [5.74, 6) is 0.354. The van der Waals surface area contributed by atoms with Crippen LogP contribution < -0.4 is 5.19 Å². The fourth-order valence-electron chi connectivity index (χ4n) is 0.961. The third kappa shape index (κ3) is 2.08. The van der Waals surface area contributed by atoms with Crippen molar-refractivity contribution in [2.24, 2.45) is 0 Å². The molecule has 0 aliphatic rings. The minimum atomic E-state index is -1.17. The van der Waals surface area contributed by atoms with Crippen molar-refractivity contribution in [3.63, 3.8) is 0 Å². The van der Waals surface area contributed by atoms with Gasteiger partial charge in [0.15, 0.2) is 0 Å². The van der Waals surface area contributed by atoms with Crippen LogP contribution in [0.1, 0.15) is 0 Å². The van der Waals surface area contributed by atoms with Gasteiger partial charge in [-0.25, -0.2) is 0 Å². The summed E-state index contributed by atoms with van der Waals surface area (Å²) in [4.78, 5) is 0. The van der Waals surface area contributed by atoms with E-state index in [0.717, 1.165) is 0 Å². The molecule has 1 nitrogen and oxygen atoms in total. The third-order valence-corrected chi connectivity index (χ3v) is 3.80. The summed E-state index contributed by atoms with van der Waals surface area (Å²) in [6, 6.07) is 7.55. The van der Waals surface area contributed by atoms with Gasteiger partial charge in [0.2, 0.25) is 0 Å². The van der Waals surface area contributed by atoms with Gasteiger partial charge in [0.1, 0.15) is 5.75 Å². The number of hydrogen-bond acceptors (Lipinski definition) is 1. The predicted octanol–water partition coefficient (Wildman–Crippen LogP) is 1.94. The van der Waals surface area contributed by atoms with E-state index < -0.39 is 8.07 Å². The fourth-order valence-corrected chi connectivity index (χ4v) is 2.13. The van der Waals surface area contributed by atoms with E-state index in [9.17, 15) is 0 Å². The van der Waals surface area contributed by atoms with Crippen LogP contribution in [-0.2, 0) is 0 Å². The molecule has 60 valence electrons. The molecule has 0 aliphatic heterocycles. The van der Waals surface area contributed by atoms with Gasteiger partial charge in [-0.3, -0.25) is 0 Å². The normalized spacial score (nSPS) is 11.5. The predicted molar refractivity (Wildman–Crippen MR) is 51.1 cm³/mol. The zero-order valence-corrected chi connectivity index (χ0v) is 8.26. The SMILES string of the molecule is C[Si](C)(C)c1ccc(O)cc1. The van der Waals surface area contributed by atoms with Crippen LogP contribution in [0.4, 0.5) is 0 Å². The molecular formula is C9H14OSi. The molecule has 0 saturated heterocycles. The number of phenolic OH excluding ortho intramolecular Hbond substituents is 1. The molecule has 0 spiro atoms. The van der Waals surface area contributed by atoms with Gasteiger partial charge in [-0.05, 0) is 12.1 Å². The highest BCUT2D eigenvalue weighted by Crippen LogP contribution is 2.07. The Morgan fingerprint density at radius 1 is 1.00 bits per heavy atom. The largest absolute Gasteiger partial charge is 0.508 e. The first-order chi connectivity index (χ1) is 5.00. The molecule has 1 aromatic rings. The van der Waals surface area contributed by atoms with Crippen LogP contribution in [0.15, 0.2) is 24.3 Å². The first-order valence-electron chi connectivity index (χ1n) is 3.79. The van der Waals surface area contributed by atoms with Crippen LogP contribution in [0.3, 0.4) is 0 Å². The molecule has 0 fully saturated rings. The molecule has 0 saturated carbocycles. The molecule has 0 aliphatic carbocycles. The maximum atomic E-state index is 9.04. The lowest BCUT2D eigenvalue weighted by Crippen LogP contribution is -2.37. The van der Waals surface area contributed by atoms with E-state index >= 15 is 0 Å². The zero-order chi connectivity index (χ0) is 8.48. The molecule has 1 rings (SSSR count). The van der Waals surface area contributed by atoms with Gasteiger partial charge in [-0.2, -0.15) is 0 Å². The second-order valence-electron chi connectivity index (χ2n) is 3.80. The van der Waals surface area contributed by atoms with Crippen LogP contribution in [0.5, 0.6) is 5.75 Å². The third-order valence-electron chi connectivity index (χ3n) is 1.73. The van der Waals surface area contributed by atoms with Crippen LogP contribution in [-0.4, -0.2) is 13.2 Å². The number of benzene rings is 1. The molecule has 1 N–H and O–H groups in total. The first kappa shape index (κ1) is 8.33. The van der Waals surface area contributed by atoms with Crippen molar-refractivity contribution in [1.82, 2.24) is 0 Å². The van der Waals surface area contributed by atoms with Gasteiger partial charge < -0.3 is 5.11 Å². The number of rotatable bonds is 1. The van der Waals surface area contributed by atoms with Crippen molar-refractivity contribution in [2.45, 2.75) is 19.6 Å². The van der Waals surface area contributed by atoms with E-state index in [2.05, 4.69) is 19.6 Å². The van der Waals surface area contributed by atoms with Gasteiger partial charge >= 0.3 is 0 Å². The lowest BCUT2D eigenvalue weighted by Gasteiger charge is -2.15. The highest BCUT2D eigenvalue weighted by Gasteiger charge is 2.15. The van der Waals surface area contributed by atoms with E-state index in [4.69, 9.17) is 5.11 Å². The van der Waals surface area contributed by atoms with Crippen molar-refractivity contribution in [3.05, 3.63) is 24.3 Å². The van der Waals surface area contributed by atoms with Crippen molar-refractivity contribution >= 4 is 13.3 Å². The Bertz CT molecular complexity index is 233. The zero-order valence-electron chi connectivity index (χ0n) is 7.26. The Hall–Kier alpha value is -0.763. The molecule has 0 aromatic heterocycles. The van der Waals surface area contributed by atoms with E-state index in [-0.39, 0.29) is 0 Å². The summed E-state index contributed by atoms with van der Waals surface area (Å²) in [5, 5.41) is 10.4. The van der Waals surface area contributed by atoms with E-state index in [1.807, 2.05) is 12.1 Å². The van der Waals surface area contributed by atoms with Gasteiger partial charge in [0, 0.05) is 0 Å². The van der Waals surface area contributed by atoms with E-state index in [1.54, 1.807) is 12.1 Å². The average molecular weight is 166 g/mol. The Kier molecular flexibility index (Phi) is 2.05. The highest BCUT2D eigenvalue weighted by atomic mass is 28.3. The highest BCUT2D eigenvalue weighted by molar-refractivity contribution is 6.88. The maximum absolute atomic E-state index is 9.04. The molecular weight excluding hydrogens is 152 g/mol. The monoisotopic (exact) mass is 166 g/mol. The average Bonchev–Trinajstić information content (AvgIpc) is 1.86. The second-order valence-corrected chi connectivity index (χ2v) is 8.87. The minimum Gasteiger partial charge on any atom is -0.508 e. The Morgan fingerprint density at radius 2 is 1.45 bits per heavy atom. The van der Waals surface area contributed by atoms with Crippen molar-refractivity contribution in [2.75, 3.05) is 0 Å². The molecule has 0 heterocycles. The maximum Gasteiger partial charge on any atom is 0.115 e.